The van der Waals surface area contributed by atoms with Crippen molar-refractivity contribution in [3.05, 3.63) is 35.9 Å². The van der Waals surface area contributed by atoms with Gasteiger partial charge in [0.1, 0.15) is 25.4 Å². The van der Waals surface area contributed by atoms with Gasteiger partial charge in [0.05, 0.1) is 6.61 Å². The minimum atomic E-state index is -0.694. The molecule has 0 amide bonds. The Kier molecular flexibility index (Phi) is 4.90. The summed E-state index contributed by atoms with van der Waals surface area (Å²) < 4.78 is 11.1. The lowest BCUT2D eigenvalue weighted by Crippen LogP contribution is -2.30. The normalized spacial score (nSPS) is 25.6. The molecule has 1 aliphatic rings. The summed E-state index contributed by atoms with van der Waals surface area (Å²) in [5, 5.41) is 9.20. The van der Waals surface area contributed by atoms with Crippen molar-refractivity contribution in [2.24, 2.45) is 0 Å². The quantitative estimate of drug-likeness (QED) is 0.483. The van der Waals surface area contributed by atoms with E-state index in [2.05, 4.69) is 0 Å². The van der Waals surface area contributed by atoms with Crippen LogP contribution in [-0.4, -0.2) is 36.3 Å². The second-order valence-electron chi connectivity index (χ2n) is 4.93. The summed E-state index contributed by atoms with van der Waals surface area (Å²) in [5.41, 5.74) is 1.03. The Morgan fingerprint density at radius 1 is 1.11 bits per heavy atom. The smallest absolute Gasteiger partial charge is 0.163 e. The molecule has 1 aromatic carbocycles. The lowest BCUT2D eigenvalue weighted by molar-refractivity contribution is -0.317. The average molecular weight is 268 g/mol. The van der Waals surface area contributed by atoms with Crippen LogP contribution in [0.4, 0.5) is 0 Å². The van der Waals surface area contributed by atoms with Crippen LogP contribution in [-0.2, 0) is 25.9 Å². The van der Waals surface area contributed by atoms with Crippen LogP contribution in [0.5, 0.6) is 0 Å². The van der Waals surface area contributed by atoms with E-state index in [4.69, 9.17) is 19.2 Å². The van der Waals surface area contributed by atoms with Gasteiger partial charge in [-0.15, -0.1) is 0 Å². The molecule has 1 saturated heterocycles. The molecule has 1 aromatic rings. The maximum absolute atomic E-state index is 9.20. The van der Waals surface area contributed by atoms with E-state index in [1.165, 1.54) is 0 Å². The van der Waals surface area contributed by atoms with Crippen molar-refractivity contribution >= 4 is 0 Å². The van der Waals surface area contributed by atoms with E-state index >= 15 is 0 Å². The number of hydrogen-bond acceptors (Lipinski definition) is 5. The third kappa shape index (κ3) is 4.26. The van der Waals surface area contributed by atoms with Crippen molar-refractivity contribution in [2.45, 2.75) is 38.4 Å². The fourth-order valence-corrected chi connectivity index (χ4v) is 2.00. The maximum atomic E-state index is 9.20. The second kappa shape index (κ2) is 6.45. The predicted molar refractivity (Wildman–Crippen MR) is 68.1 cm³/mol. The summed E-state index contributed by atoms with van der Waals surface area (Å²) in [5.74, 6) is -0.694. The Bertz CT molecular complexity index is 379. The summed E-state index contributed by atoms with van der Waals surface area (Å²) >= 11 is 0. The largest absolute Gasteiger partial charge is 0.394 e. The van der Waals surface area contributed by atoms with Gasteiger partial charge in [-0.1, -0.05) is 30.3 Å². The summed E-state index contributed by atoms with van der Waals surface area (Å²) in [6.45, 7) is 4.11. The second-order valence-corrected chi connectivity index (χ2v) is 4.93. The highest BCUT2D eigenvalue weighted by molar-refractivity contribution is 5.13. The Morgan fingerprint density at radius 3 is 2.47 bits per heavy atom. The fraction of sp³-hybridized carbons (Fsp3) is 0.571. The highest BCUT2D eigenvalue weighted by Crippen LogP contribution is 2.28. The summed E-state index contributed by atoms with van der Waals surface area (Å²) in [6.07, 6.45) is -0.703. The van der Waals surface area contributed by atoms with Crippen LogP contribution in [0.1, 0.15) is 19.4 Å². The molecule has 1 heterocycles. The third-order valence-electron chi connectivity index (χ3n) is 2.85. The van der Waals surface area contributed by atoms with Crippen LogP contribution in [0.2, 0.25) is 0 Å². The third-order valence-corrected chi connectivity index (χ3v) is 2.85. The van der Waals surface area contributed by atoms with Crippen molar-refractivity contribution in [3.63, 3.8) is 0 Å². The molecule has 1 fully saturated rings. The predicted octanol–water partition coefficient (Wildman–Crippen LogP) is 1.65. The molecule has 0 bridgehead atoms. The van der Waals surface area contributed by atoms with Crippen molar-refractivity contribution in [3.8, 4) is 0 Å². The van der Waals surface area contributed by atoms with E-state index in [1.54, 1.807) is 13.8 Å². The molecule has 19 heavy (non-hydrogen) atoms. The fourth-order valence-electron chi connectivity index (χ4n) is 2.00. The Labute approximate surface area is 113 Å². The van der Waals surface area contributed by atoms with Crippen LogP contribution >= 0.6 is 0 Å². The maximum Gasteiger partial charge on any atom is 0.163 e. The van der Waals surface area contributed by atoms with Crippen LogP contribution < -0.4 is 0 Å². The van der Waals surface area contributed by atoms with E-state index in [9.17, 15) is 5.11 Å². The zero-order chi connectivity index (χ0) is 13.7. The molecule has 0 aliphatic carbocycles. The molecule has 2 atom stereocenters. The first-order valence-corrected chi connectivity index (χ1v) is 6.35. The lowest BCUT2D eigenvalue weighted by Gasteiger charge is -2.16. The lowest BCUT2D eigenvalue weighted by atomic mass is 10.2. The Hall–Kier alpha value is -0.980. The van der Waals surface area contributed by atoms with Gasteiger partial charge >= 0.3 is 0 Å². The van der Waals surface area contributed by atoms with Crippen LogP contribution in [0.25, 0.3) is 0 Å². The summed E-state index contributed by atoms with van der Waals surface area (Å²) in [7, 11) is 0. The SMILES string of the molecule is CC1(C)O[C@@H](CO)[C@H](COOCc2ccccc2)O1. The van der Waals surface area contributed by atoms with Crippen molar-refractivity contribution in [1.82, 2.24) is 0 Å². The van der Waals surface area contributed by atoms with Crippen LogP contribution in [0, 0.1) is 0 Å². The molecule has 5 heteroatoms. The summed E-state index contributed by atoms with van der Waals surface area (Å²) in [4.78, 5) is 10.3. The molecule has 0 spiro atoms. The Morgan fingerprint density at radius 2 is 1.79 bits per heavy atom. The standard InChI is InChI=1S/C14H20O5/c1-14(2)18-12(8-15)13(19-14)10-17-16-9-11-6-4-3-5-7-11/h3-7,12-13,15H,8-10H2,1-2H3/t12-,13-/m0/s1. The van der Waals surface area contributed by atoms with Crippen molar-refractivity contribution < 1.29 is 24.4 Å². The monoisotopic (exact) mass is 268 g/mol. The topological polar surface area (TPSA) is 57.2 Å². The zero-order valence-corrected chi connectivity index (χ0v) is 11.2. The molecule has 2 rings (SSSR count). The van der Waals surface area contributed by atoms with E-state index < -0.39 is 5.79 Å². The highest BCUT2D eigenvalue weighted by Gasteiger charge is 2.41. The molecule has 0 unspecified atom stereocenters. The zero-order valence-electron chi connectivity index (χ0n) is 11.2. The minimum absolute atomic E-state index is 0.101. The van der Waals surface area contributed by atoms with Gasteiger partial charge in [0.2, 0.25) is 0 Å². The number of hydrogen-bond donors (Lipinski definition) is 1. The van der Waals surface area contributed by atoms with E-state index in [0.29, 0.717) is 6.61 Å². The highest BCUT2D eigenvalue weighted by atomic mass is 17.2. The van der Waals surface area contributed by atoms with E-state index in [-0.39, 0.29) is 25.4 Å². The molecular formula is C14H20O5. The van der Waals surface area contributed by atoms with Gasteiger partial charge in [-0.3, -0.25) is 0 Å². The van der Waals surface area contributed by atoms with Crippen molar-refractivity contribution in [1.29, 1.82) is 0 Å². The first-order valence-electron chi connectivity index (χ1n) is 6.35. The molecule has 1 aliphatic heterocycles. The van der Waals surface area contributed by atoms with Gasteiger partial charge in [0.15, 0.2) is 5.79 Å². The number of aliphatic hydroxyl groups excluding tert-OH is 1. The molecule has 1 N–H and O–H groups in total. The minimum Gasteiger partial charge on any atom is -0.394 e. The number of aliphatic hydroxyl groups is 1. The molecule has 106 valence electrons. The molecular weight excluding hydrogens is 248 g/mol. The van der Waals surface area contributed by atoms with E-state index in [0.717, 1.165) is 5.56 Å². The van der Waals surface area contributed by atoms with Gasteiger partial charge in [-0.05, 0) is 19.4 Å². The van der Waals surface area contributed by atoms with Gasteiger partial charge in [0.25, 0.3) is 0 Å². The van der Waals surface area contributed by atoms with Gasteiger partial charge < -0.3 is 14.6 Å². The Balaban J connectivity index is 1.71. The van der Waals surface area contributed by atoms with Crippen LogP contribution in [0.3, 0.4) is 0 Å². The van der Waals surface area contributed by atoms with Gasteiger partial charge in [-0.25, -0.2) is 9.78 Å². The molecule has 0 radical (unpaired) electrons. The molecule has 0 saturated carbocycles. The first-order chi connectivity index (χ1) is 9.11. The van der Waals surface area contributed by atoms with Gasteiger partial charge in [-0.2, -0.15) is 0 Å². The van der Waals surface area contributed by atoms with Gasteiger partial charge in [0, 0.05) is 0 Å². The molecule has 5 nitrogen and oxygen atoms in total. The summed E-state index contributed by atoms with van der Waals surface area (Å²) in [6, 6.07) is 9.74. The number of ether oxygens (including phenoxy) is 2. The first kappa shape index (κ1) is 14.4. The number of rotatable bonds is 6. The van der Waals surface area contributed by atoms with E-state index in [1.807, 2.05) is 30.3 Å². The number of benzene rings is 1. The van der Waals surface area contributed by atoms with Crippen molar-refractivity contribution in [2.75, 3.05) is 13.2 Å². The van der Waals surface area contributed by atoms with Crippen LogP contribution in [0.15, 0.2) is 30.3 Å². The molecule has 0 aromatic heterocycles. The average Bonchev–Trinajstić information content (AvgIpc) is 2.70.